The lowest BCUT2D eigenvalue weighted by molar-refractivity contribution is -0.118. The Morgan fingerprint density at radius 1 is 1.24 bits per heavy atom. The molecule has 1 fully saturated rings. The minimum absolute atomic E-state index is 0.0824. The molecule has 1 saturated heterocycles. The van der Waals surface area contributed by atoms with Crippen molar-refractivity contribution in [2.75, 3.05) is 24.7 Å². The average molecular weight is 290 g/mol. The summed E-state index contributed by atoms with van der Waals surface area (Å²) in [7, 11) is 0. The molecule has 1 unspecified atom stereocenters. The van der Waals surface area contributed by atoms with Crippen LogP contribution in [0, 0.1) is 0 Å². The summed E-state index contributed by atoms with van der Waals surface area (Å²) >= 11 is 0. The third kappa shape index (κ3) is 2.97. The fourth-order valence-electron chi connectivity index (χ4n) is 2.81. The average Bonchev–Trinajstić information content (AvgIpc) is 2.68. The summed E-state index contributed by atoms with van der Waals surface area (Å²) in [5.74, 6) is 1.64. The van der Waals surface area contributed by atoms with Crippen molar-refractivity contribution in [2.24, 2.45) is 0 Å². The van der Waals surface area contributed by atoms with Gasteiger partial charge in [-0.3, -0.25) is 4.79 Å². The van der Waals surface area contributed by atoms with Crippen LogP contribution in [0.5, 0.6) is 11.5 Å². The first kappa shape index (κ1) is 14.2. The van der Waals surface area contributed by atoms with Gasteiger partial charge in [0.2, 0.25) is 5.91 Å². The molecule has 0 radical (unpaired) electrons. The maximum Gasteiger partial charge on any atom is 0.244 e. The first-order valence-corrected chi connectivity index (χ1v) is 7.62. The molecule has 21 heavy (non-hydrogen) atoms. The minimum Gasteiger partial charge on any atom is -0.490 e. The van der Waals surface area contributed by atoms with Gasteiger partial charge in [-0.15, -0.1) is 0 Å². The van der Waals surface area contributed by atoms with Gasteiger partial charge in [0.25, 0.3) is 0 Å². The Morgan fingerprint density at radius 2 is 2.00 bits per heavy atom. The zero-order valence-electron chi connectivity index (χ0n) is 12.6. The van der Waals surface area contributed by atoms with Crippen LogP contribution in [0.15, 0.2) is 18.2 Å². The predicted molar refractivity (Wildman–Crippen MR) is 81.1 cm³/mol. The number of fused-ring (bicyclic) bond motifs is 1. The van der Waals surface area contributed by atoms with Gasteiger partial charge in [-0.25, -0.2) is 0 Å². The van der Waals surface area contributed by atoms with E-state index in [1.807, 2.05) is 23.1 Å². The second-order valence-electron chi connectivity index (χ2n) is 5.83. The van der Waals surface area contributed by atoms with Gasteiger partial charge in [0.1, 0.15) is 0 Å². The topological polar surface area (TPSA) is 50.8 Å². The van der Waals surface area contributed by atoms with Gasteiger partial charge >= 0.3 is 0 Å². The summed E-state index contributed by atoms with van der Waals surface area (Å²) in [4.78, 5) is 14.3. The van der Waals surface area contributed by atoms with Crippen LogP contribution in [-0.2, 0) is 4.79 Å². The molecule has 2 heterocycles. The van der Waals surface area contributed by atoms with Crippen molar-refractivity contribution in [1.82, 2.24) is 5.32 Å². The number of benzene rings is 1. The number of carbonyl (C=O) groups excluding carboxylic acids is 1. The van der Waals surface area contributed by atoms with E-state index in [0.717, 1.165) is 36.6 Å². The van der Waals surface area contributed by atoms with E-state index in [1.54, 1.807) is 0 Å². The summed E-state index contributed by atoms with van der Waals surface area (Å²) in [6.07, 6.45) is 1.72. The highest BCUT2D eigenvalue weighted by Gasteiger charge is 2.33. The Kier molecular flexibility index (Phi) is 4.01. The van der Waals surface area contributed by atoms with Crippen LogP contribution >= 0.6 is 0 Å². The van der Waals surface area contributed by atoms with Gasteiger partial charge in [-0.05, 0) is 18.6 Å². The van der Waals surface area contributed by atoms with Gasteiger partial charge in [0, 0.05) is 30.8 Å². The first-order chi connectivity index (χ1) is 10.1. The van der Waals surface area contributed by atoms with Crippen LogP contribution in [0.1, 0.15) is 26.7 Å². The van der Waals surface area contributed by atoms with Crippen molar-refractivity contribution in [3.05, 3.63) is 18.2 Å². The molecule has 2 aliphatic heterocycles. The summed E-state index contributed by atoms with van der Waals surface area (Å²) in [6, 6.07) is 5.97. The van der Waals surface area contributed by atoms with E-state index in [4.69, 9.17) is 9.47 Å². The Hall–Kier alpha value is -1.75. The molecule has 0 aromatic heterocycles. The van der Waals surface area contributed by atoms with Crippen molar-refractivity contribution in [3.63, 3.8) is 0 Å². The third-order valence-corrected chi connectivity index (χ3v) is 3.78. The smallest absolute Gasteiger partial charge is 0.244 e. The van der Waals surface area contributed by atoms with Crippen molar-refractivity contribution in [2.45, 2.75) is 38.8 Å². The van der Waals surface area contributed by atoms with E-state index in [9.17, 15) is 4.79 Å². The molecule has 0 saturated carbocycles. The maximum absolute atomic E-state index is 12.5. The van der Waals surface area contributed by atoms with Crippen molar-refractivity contribution >= 4 is 11.6 Å². The fourth-order valence-corrected chi connectivity index (χ4v) is 2.81. The lowest BCUT2D eigenvalue weighted by Gasteiger charge is -2.19. The van der Waals surface area contributed by atoms with Crippen molar-refractivity contribution < 1.29 is 14.3 Å². The molecule has 5 nitrogen and oxygen atoms in total. The number of hydrogen-bond donors (Lipinski definition) is 1. The molecule has 0 aliphatic carbocycles. The second kappa shape index (κ2) is 5.93. The standard InChI is InChI=1S/C16H22N2O3/c1-11(2)17-13-6-7-18(16(13)19)12-4-5-14-15(10-12)21-9-3-8-20-14/h4-5,10-11,13,17H,3,6-9H2,1-2H3. The lowest BCUT2D eigenvalue weighted by atomic mass is 10.2. The number of hydrogen-bond acceptors (Lipinski definition) is 4. The Bertz CT molecular complexity index is 530. The van der Waals surface area contributed by atoms with Gasteiger partial charge in [-0.1, -0.05) is 13.8 Å². The van der Waals surface area contributed by atoms with Crippen LogP contribution < -0.4 is 19.7 Å². The summed E-state index contributed by atoms with van der Waals surface area (Å²) in [5.41, 5.74) is 0.886. The molecular formula is C16H22N2O3. The Labute approximate surface area is 125 Å². The van der Waals surface area contributed by atoms with E-state index in [0.29, 0.717) is 19.3 Å². The summed E-state index contributed by atoms with van der Waals surface area (Å²) < 4.78 is 11.3. The predicted octanol–water partition coefficient (Wildman–Crippen LogP) is 1.95. The van der Waals surface area contributed by atoms with E-state index in [-0.39, 0.29) is 11.9 Å². The molecular weight excluding hydrogens is 268 g/mol. The molecule has 2 aliphatic rings. The number of anilines is 1. The van der Waals surface area contributed by atoms with E-state index in [1.165, 1.54) is 0 Å². The highest BCUT2D eigenvalue weighted by molar-refractivity contribution is 5.99. The maximum atomic E-state index is 12.5. The second-order valence-corrected chi connectivity index (χ2v) is 5.83. The quantitative estimate of drug-likeness (QED) is 0.924. The number of ether oxygens (including phenoxy) is 2. The molecule has 1 N–H and O–H groups in total. The van der Waals surface area contributed by atoms with Crippen molar-refractivity contribution in [3.8, 4) is 11.5 Å². The van der Waals surface area contributed by atoms with E-state index >= 15 is 0 Å². The normalized spacial score (nSPS) is 21.8. The third-order valence-electron chi connectivity index (χ3n) is 3.78. The summed E-state index contributed by atoms with van der Waals surface area (Å²) in [6.45, 7) is 6.19. The SMILES string of the molecule is CC(C)NC1CCN(c2ccc3c(c2)OCCCO3)C1=O. The number of rotatable bonds is 3. The molecule has 114 valence electrons. The number of nitrogens with zero attached hydrogens (tertiary/aromatic N) is 1. The number of carbonyl (C=O) groups is 1. The zero-order chi connectivity index (χ0) is 14.8. The van der Waals surface area contributed by atoms with Crippen LogP contribution in [0.3, 0.4) is 0 Å². The fraction of sp³-hybridized carbons (Fsp3) is 0.562. The summed E-state index contributed by atoms with van der Waals surface area (Å²) in [5, 5.41) is 3.32. The molecule has 0 spiro atoms. The van der Waals surface area contributed by atoms with Gasteiger partial charge < -0.3 is 19.7 Å². The highest BCUT2D eigenvalue weighted by Crippen LogP contribution is 2.34. The number of amides is 1. The molecule has 1 amide bonds. The Balaban J connectivity index is 1.78. The molecule has 1 aromatic rings. The van der Waals surface area contributed by atoms with Crippen molar-refractivity contribution in [1.29, 1.82) is 0 Å². The zero-order valence-corrected chi connectivity index (χ0v) is 12.6. The van der Waals surface area contributed by atoms with Crippen LogP contribution in [0.2, 0.25) is 0 Å². The minimum atomic E-state index is -0.0824. The van der Waals surface area contributed by atoms with Crippen LogP contribution in [0.4, 0.5) is 5.69 Å². The first-order valence-electron chi connectivity index (χ1n) is 7.62. The lowest BCUT2D eigenvalue weighted by Crippen LogP contribution is -2.41. The molecule has 5 heteroatoms. The molecule has 0 bridgehead atoms. The number of nitrogens with one attached hydrogen (secondary N) is 1. The highest BCUT2D eigenvalue weighted by atomic mass is 16.5. The molecule has 1 aromatic carbocycles. The van der Waals surface area contributed by atoms with E-state index in [2.05, 4.69) is 19.2 Å². The van der Waals surface area contributed by atoms with Gasteiger partial charge in [-0.2, -0.15) is 0 Å². The van der Waals surface area contributed by atoms with Gasteiger partial charge in [0.05, 0.1) is 19.3 Å². The van der Waals surface area contributed by atoms with Gasteiger partial charge in [0.15, 0.2) is 11.5 Å². The van der Waals surface area contributed by atoms with Crippen LogP contribution in [0.25, 0.3) is 0 Å². The largest absolute Gasteiger partial charge is 0.490 e. The van der Waals surface area contributed by atoms with Crippen LogP contribution in [-0.4, -0.2) is 37.7 Å². The Morgan fingerprint density at radius 3 is 2.76 bits per heavy atom. The molecule has 3 rings (SSSR count). The monoisotopic (exact) mass is 290 g/mol. The van der Waals surface area contributed by atoms with E-state index < -0.39 is 0 Å². The molecule has 1 atom stereocenters.